The molecule has 1 atom stereocenters. The zero-order valence-electron chi connectivity index (χ0n) is 10.1. The Balaban J connectivity index is 2.55. The number of rotatable bonds is 4. The molecule has 94 valence electrons. The number of hydrogen-bond donors (Lipinski definition) is 2. The highest BCUT2D eigenvalue weighted by Crippen LogP contribution is 2.31. The number of ether oxygens (including phenoxy) is 1. The normalized spacial score (nSPS) is 12.3. The maximum atomic E-state index is 10.7. The molecule has 0 radical (unpaired) electrons. The van der Waals surface area contributed by atoms with Crippen LogP contribution in [0, 0.1) is 0 Å². The SMILES string of the molecule is COc1ccc(C(N)CC(=O)O)c2ccccc12. The van der Waals surface area contributed by atoms with Gasteiger partial charge in [0.1, 0.15) is 5.75 Å². The molecular formula is C14H15NO3. The Labute approximate surface area is 105 Å². The highest BCUT2D eigenvalue weighted by Gasteiger charge is 2.14. The maximum absolute atomic E-state index is 10.7. The summed E-state index contributed by atoms with van der Waals surface area (Å²) in [6, 6.07) is 10.8. The second-order valence-electron chi connectivity index (χ2n) is 4.11. The van der Waals surface area contributed by atoms with Crippen LogP contribution in [0.3, 0.4) is 0 Å². The monoisotopic (exact) mass is 245 g/mol. The summed E-state index contributed by atoms with van der Waals surface area (Å²) < 4.78 is 5.29. The first-order valence-corrected chi connectivity index (χ1v) is 5.66. The molecule has 0 aliphatic heterocycles. The van der Waals surface area contributed by atoms with E-state index in [9.17, 15) is 4.79 Å². The predicted octanol–water partition coefficient (Wildman–Crippen LogP) is 2.32. The first-order valence-electron chi connectivity index (χ1n) is 5.66. The van der Waals surface area contributed by atoms with Gasteiger partial charge in [-0.15, -0.1) is 0 Å². The van der Waals surface area contributed by atoms with E-state index < -0.39 is 12.0 Å². The Morgan fingerprint density at radius 1 is 1.28 bits per heavy atom. The van der Waals surface area contributed by atoms with Gasteiger partial charge in [-0.25, -0.2) is 0 Å². The van der Waals surface area contributed by atoms with Crippen molar-refractivity contribution in [3.05, 3.63) is 42.0 Å². The maximum Gasteiger partial charge on any atom is 0.305 e. The van der Waals surface area contributed by atoms with E-state index in [0.717, 1.165) is 22.1 Å². The molecule has 1 unspecified atom stereocenters. The van der Waals surface area contributed by atoms with Crippen LogP contribution in [0.5, 0.6) is 5.75 Å². The van der Waals surface area contributed by atoms with Gasteiger partial charge in [0.05, 0.1) is 13.5 Å². The van der Waals surface area contributed by atoms with Gasteiger partial charge in [0.25, 0.3) is 0 Å². The van der Waals surface area contributed by atoms with Gasteiger partial charge in [0.15, 0.2) is 0 Å². The van der Waals surface area contributed by atoms with Crippen LogP contribution in [-0.2, 0) is 4.79 Å². The Kier molecular flexibility index (Phi) is 3.48. The van der Waals surface area contributed by atoms with E-state index in [1.165, 1.54) is 0 Å². The molecule has 0 spiro atoms. The van der Waals surface area contributed by atoms with Crippen molar-refractivity contribution in [2.75, 3.05) is 7.11 Å². The number of aliphatic carboxylic acids is 1. The van der Waals surface area contributed by atoms with Crippen molar-refractivity contribution in [2.24, 2.45) is 5.73 Å². The van der Waals surface area contributed by atoms with Crippen molar-refractivity contribution < 1.29 is 14.6 Å². The number of nitrogens with two attached hydrogens (primary N) is 1. The Bertz CT molecular complexity index is 580. The van der Waals surface area contributed by atoms with Gasteiger partial charge in [0, 0.05) is 11.4 Å². The molecule has 0 aliphatic carbocycles. The number of carboxylic acid groups (broad SMARTS) is 1. The van der Waals surface area contributed by atoms with Gasteiger partial charge in [-0.2, -0.15) is 0 Å². The van der Waals surface area contributed by atoms with Crippen molar-refractivity contribution in [3.63, 3.8) is 0 Å². The number of methoxy groups -OCH3 is 1. The second kappa shape index (κ2) is 5.06. The molecule has 2 aromatic carbocycles. The molecule has 0 saturated heterocycles. The van der Waals surface area contributed by atoms with Gasteiger partial charge >= 0.3 is 5.97 Å². The molecule has 4 heteroatoms. The fourth-order valence-electron chi connectivity index (χ4n) is 2.09. The molecule has 0 aliphatic rings. The van der Waals surface area contributed by atoms with Crippen LogP contribution in [0.1, 0.15) is 18.0 Å². The Morgan fingerprint density at radius 3 is 2.56 bits per heavy atom. The minimum absolute atomic E-state index is 0.0870. The van der Waals surface area contributed by atoms with Gasteiger partial charge in [0.2, 0.25) is 0 Å². The highest BCUT2D eigenvalue weighted by molar-refractivity contribution is 5.91. The van der Waals surface area contributed by atoms with E-state index in [0.29, 0.717) is 0 Å². The van der Waals surface area contributed by atoms with Crippen molar-refractivity contribution in [1.82, 2.24) is 0 Å². The minimum Gasteiger partial charge on any atom is -0.496 e. The minimum atomic E-state index is -0.901. The largest absolute Gasteiger partial charge is 0.496 e. The topological polar surface area (TPSA) is 72.5 Å². The summed E-state index contributed by atoms with van der Waals surface area (Å²) in [5.41, 5.74) is 6.76. The van der Waals surface area contributed by atoms with Gasteiger partial charge in [-0.3, -0.25) is 4.79 Å². The standard InChI is InChI=1S/C14H15NO3/c1-18-13-7-6-10(12(15)8-14(16)17)9-4-2-3-5-11(9)13/h2-7,12H,8,15H2,1H3,(H,16,17). The summed E-state index contributed by atoms with van der Waals surface area (Å²) >= 11 is 0. The summed E-state index contributed by atoms with van der Waals surface area (Å²) in [6.07, 6.45) is -0.0870. The van der Waals surface area contributed by atoms with Gasteiger partial charge in [-0.05, 0) is 17.0 Å². The van der Waals surface area contributed by atoms with Crippen molar-refractivity contribution in [1.29, 1.82) is 0 Å². The fraction of sp³-hybridized carbons (Fsp3) is 0.214. The lowest BCUT2D eigenvalue weighted by Crippen LogP contribution is -2.15. The number of benzene rings is 2. The smallest absolute Gasteiger partial charge is 0.305 e. The zero-order chi connectivity index (χ0) is 13.1. The van der Waals surface area contributed by atoms with Crippen LogP contribution in [0.25, 0.3) is 10.8 Å². The van der Waals surface area contributed by atoms with Gasteiger partial charge in [-0.1, -0.05) is 30.3 Å². The molecule has 3 N–H and O–H groups in total. The van der Waals surface area contributed by atoms with Crippen molar-refractivity contribution in [2.45, 2.75) is 12.5 Å². The van der Waals surface area contributed by atoms with E-state index in [2.05, 4.69) is 0 Å². The molecule has 0 saturated carbocycles. The van der Waals surface area contributed by atoms with E-state index in [1.807, 2.05) is 36.4 Å². The molecule has 18 heavy (non-hydrogen) atoms. The fourth-order valence-corrected chi connectivity index (χ4v) is 2.09. The first kappa shape index (κ1) is 12.4. The molecule has 0 amide bonds. The summed E-state index contributed by atoms with van der Waals surface area (Å²) in [5.74, 6) is -0.140. The lowest BCUT2D eigenvalue weighted by atomic mass is 9.97. The van der Waals surface area contributed by atoms with Gasteiger partial charge < -0.3 is 15.6 Å². The molecule has 0 aromatic heterocycles. The van der Waals surface area contributed by atoms with E-state index in [4.69, 9.17) is 15.6 Å². The molecular weight excluding hydrogens is 230 g/mol. The van der Waals surface area contributed by atoms with Crippen LogP contribution in [0.2, 0.25) is 0 Å². The molecule has 2 rings (SSSR count). The Morgan fingerprint density at radius 2 is 1.94 bits per heavy atom. The molecule has 0 fully saturated rings. The Hall–Kier alpha value is -2.07. The molecule has 0 bridgehead atoms. The first-order chi connectivity index (χ1) is 8.63. The third-order valence-electron chi connectivity index (χ3n) is 2.93. The number of carbonyl (C=O) groups is 1. The average molecular weight is 245 g/mol. The lowest BCUT2D eigenvalue weighted by molar-refractivity contribution is -0.137. The quantitative estimate of drug-likeness (QED) is 0.867. The lowest BCUT2D eigenvalue weighted by Gasteiger charge is -2.14. The highest BCUT2D eigenvalue weighted by atomic mass is 16.5. The number of hydrogen-bond acceptors (Lipinski definition) is 3. The van der Waals surface area contributed by atoms with Crippen molar-refractivity contribution >= 4 is 16.7 Å². The average Bonchev–Trinajstić information content (AvgIpc) is 2.36. The molecule has 4 nitrogen and oxygen atoms in total. The summed E-state index contributed by atoms with van der Waals surface area (Å²) in [4.78, 5) is 10.7. The number of fused-ring (bicyclic) bond motifs is 1. The van der Waals surface area contributed by atoms with Crippen molar-refractivity contribution in [3.8, 4) is 5.75 Å². The predicted molar refractivity (Wildman–Crippen MR) is 69.7 cm³/mol. The van der Waals surface area contributed by atoms with Crippen LogP contribution in [0.4, 0.5) is 0 Å². The summed E-state index contributed by atoms with van der Waals surface area (Å²) in [6.45, 7) is 0. The summed E-state index contributed by atoms with van der Waals surface area (Å²) in [5, 5.41) is 10.7. The van der Waals surface area contributed by atoms with Crippen LogP contribution < -0.4 is 10.5 Å². The third-order valence-corrected chi connectivity index (χ3v) is 2.93. The third kappa shape index (κ3) is 2.28. The zero-order valence-corrected chi connectivity index (χ0v) is 10.1. The summed E-state index contributed by atoms with van der Waals surface area (Å²) in [7, 11) is 1.61. The molecule has 0 heterocycles. The van der Waals surface area contributed by atoms with E-state index in [-0.39, 0.29) is 6.42 Å². The van der Waals surface area contributed by atoms with Crippen LogP contribution >= 0.6 is 0 Å². The van der Waals surface area contributed by atoms with E-state index >= 15 is 0 Å². The van der Waals surface area contributed by atoms with Crippen LogP contribution in [0.15, 0.2) is 36.4 Å². The molecule has 2 aromatic rings. The second-order valence-corrected chi connectivity index (χ2v) is 4.11. The van der Waals surface area contributed by atoms with E-state index in [1.54, 1.807) is 7.11 Å². The number of carboxylic acids is 1. The van der Waals surface area contributed by atoms with Crippen LogP contribution in [-0.4, -0.2) is 18.2 Å².